The van der Waals surface area contributed by atoms with Crippen LogP contribution in [0.15, 0.2) is 39.1 Å². The topological polar surface area (TPSA) is 62.8 Å². The Morgan fingerprint density at radius 1 is 1.50 bits per heavy atom. The fourth-order valence-electron chi connectivity index (χ4n) is 2.08. The van der Waals surface area contributed by atoms with E-state index in [2.05, 4.69) is 4.99 Å². The lowest BCUT2D eigenvalue weighted by molar-refractivity contribution is -0.117. The van der Waals surface area contributed by atoms with Crippen molar-refractivity contribution in [2.24, 2.45) is 10.4 Å². The molecule has 0 aliphatic heterocycles. The Labute approximate surface area is 106 Å². The first kappa shape index (κ1) is 12.6. The van der Waals surface area contributed by atoms with Crippen molar-refractivity contribution in [3.63, 3.8) is 0 Å². The van der Waals surface area contributed by atoms with Crippen LogP contribution in [0.3, 0.4) is 0 Å². The van der Waals surface area contributed by atoms with Crippen LogP contribution in [0.2, 0.25) is 0 Å². The van der Waals surface area contributed by atoms with E-state index >= 15 is 0 Å². The average Bonchev–Trinajstić information content (AvgIpc) is 2.73. The largest absolute Gasteiger partial charge is 0.511 e. The van der Waals surface area contributed by atoms with E-state index in [9.17, 15) is 9.90 Å². The Morgan fingerprint density at radius 3 is 2.89 bits per heavy atom. The molecule has 1 aliphatic carbocycles. The van der Waals surface area contributed by atoms with Gasteiger partial charge in [-0.3, -0.25) is 9.79 Å². The highest BCUT2D eigenvalue weighted by molar-refractivity contribution is 6.14. The molecular formula is C14H17NO3. The molecule has 18 heavy (non-hydrogen) atoms. The van der Waals surface area contributed by atoms with Crippen LogP contribution >= 0.6 is 0 Å². The Morgan fingerprint density at radius 2 is 2.28 bits per heavy atom. The molecule has 0 radical (unpaired) electrons. The van der Waals surface area contributed by atoms with Crippen LogP contribution in [0, 0.1) is 5.41 Å². The van der Waals surface area contributed by atoms with Crippen molar-refractivity contribution >= 4 is 12.0 Å². The number of aliphatic hydroxyl groups excluding tert-OH is 1. The molecule has 0 saturated heterocycles. The lowest BCUT2D eigenvalue weighted by Gasteiger charge is -2.28. The molecule has 0 fully saturated rings. The Balaban J connectivity index is 2.08. The lowest BCUT2D eigenvalue weighted by atomic mass is 9.77. The summed E-state index contributed by atoms with van der Waals surface area (Å²) in [5.74, 6) is 0.821. The number of allylic oxidation sites excluding steroid dienone is 2. The minimum atomic E-state index is -0.167. The number of hydrogen-bond donors (Lipinski definition) is 1. The Hall–Kier alpha value is -1.84. The molecule has 0 saturated carbocycles. The van der Waals surface area contributed by atoms with Crippen LogP contribution in [0.1, 0.15) is 32.4 Å². The fourth-order valence-corrected chi connectivity index (χ4v) is 2.08. The molecule has 4 heteroatoms. The van der Waals surface area contributed by atoms with Crippen LogP contribution < -0.4 is 0 Å². The molecule has 1 aliphatic rings. The fraction of sp³-hybridized carbons (Fsp3) is 0.429. The zero-order chi connectivity index (χ0) is 13.2. The monoisotopic (exact) mass is 247 g/mol. The number of aliphatic hydroxyl groups is 1. The van der Waals surface area contributed by atoms with Crippen LogP contribution in [0.4, 0.5) is 0 Å². The normalized spacial score (nSPS) is 19.8. The smallest absolute Gasteiger partial charge is 0.168 e. The van der Waals surface area contributed by atoms with Gasteiger partial charge in [-0.15, -0.1) is 0 Å². The third-order valence-corrected chi connectivity index (χ3v) is 2.94. The SMILES string of the molecule is CC1(C)CC(=O)C(C=NCc2ccco2)=C(O)C1. The molecule has 4 nitrogen and oxygen atoms in total. The number of nitrogens with zero attached hydrogens (tertiary/aromatic N) is 1. The van der Waals surface area contributed by atoms with Crippen molar-refractivity contribution in [1.82, 2.24) is 0 Å². The summed E-state index contributed by atoms with van der Waals surface area (Å²) >= 11 is 0. The molecule has 0 atom stereocenters. The van der Waals surface area contributed by atoms with Crippen LogP contribution in [-0.4, -0.2) is 17.1 Å². The molecule has 1 N–H and O–H groups in total. The van der Waals surface area contributed by atoms with Crippen LogP contribution in [0.5, 0.6) is 0 Å². The van der Waals surface area contributed by atoms with Gasteiger partial charge < -0.3 is 9.52 Å². The highest BCUT2D eigenvalue weighted by Gasteiger charge is 2.32. The predicted octanol–water partition coefficient (Wildman–Crippen LogP) is 3.05. The number of Topliss-reactive ketones (excluding diaryl/α,β-unsaturated/α-hetero) is 1. The van der Waals surface area contributed by atoms with Gasteiger partial charge >= 0.3 is 0 Å². The summed E-state index contributed by atoms with van der Waals surface area (Å²) in [5, 5.41) is 9.88. The van der Waals surface area contributed by atoms with Gasteiger partial charge in [0.1, 0.15) is 11.5 Å². The second-order valence-electron chi connectivity index (χ2n) is 5.35. The molecule has 1 aromatic rings. The van der Waals surface area contributed by atoms with Gasteiger partial charge in [-0.25, -0.2) is 0 Å². The number of rotatable bonds is 3. The third-order valence-electron chi connectivity index (χ3n) is 2.94. The Kier molecular flexibility index (Phi) is 3.36. The minimum Gasteiger partial charge on any atom is -0.511 e. The maximum absolute atomic E-state index is 11.9. The van der Waals surface area contributed by atoms with E-state index < -0.39 is 0 Å². The van der Waals surface area contributed by atoms with Crippen molar-refractivity contribution in [2.45, 2.75) is 33.2 Å². The maximum atomic E-state index is 11.9. The van der Waals surface area contributed by atoms with Crippen molar-refractivity contribution in [1.29, 1.82) is 0 Å². The number of carbonyl (C=O) groups excluding carboxylic acids is 1. The highest BCUT2D eigenvalue weighted by Crippen LogP contribution is 2.35. The van der Waals surface area contributed by atoms with Crippen molar-refractivity contribution in [2.75, 3.05) is 0 Å². The van der Waals surface area contributed by atoms with E-state index in [0.717, 1.165) is 5.76 Å². The zero-order valence-electron chi connectivity index (χ0n) is 10.6. The summed E-state index contributed by atoms with van der Waals surface area (Å²) in [7, 11) is 0. The minimum absolute atomic E-state index is 0.0491. The molecule has 96 valence electrons. The first-order valence-corrected chi connectivity index (χ1v) is 5.95. The van der Waals surface area contributed by atoms with Crippen molar-refractivity contribution in [3.8, 4) is 0 Å². The summed E-state index contributed by atoms with van der Waals surface area (Å²) in [6, 6.07) is 3.60. The van der Waals surface area contributed by atoms with Gasteiger partial charge in [0, 0.05) is 19.1 Å². The second-order valence-corrected chi connectivity index (χ2v) is 5.35. The molecule has 1 heterocycles. The lowest BCUT2D eigenvalue weighted by Crippen LogP contribution is -2.26. The van der Waals surface area contributed by atoms with Crippen molar-refractivity contribution < 1.29 is 14.3 Å². The van der Waals surface area contributed by atoms with Crippen LogP contribution in [-0.2, 0) is 11.3 Å². The van der Waals surface area contributed by atoms with Gasteiger partial charge in [0.15, 0.2) is 5.78 Å². The number of aliphatic imine (C=N–C) groups is 1. The van der Waals surface area contributed by atoms with E-state index in [1.807, 2.05) is 19.9 Å². The van der Waals surface area contributed by atoms with Crippen LogP contribution in [0.25, 0.3) is 0 Å². The summed E-state index contributed by atoms with van der Waals surface area (Å²) in [4.78, 5) is 16.0. The predicted molar refractivity (Wildman–Crippen MR) is 68.6 cm³/mol. The zero-order valence-corrected chi connectivity index (χ0v) is 10.6. The van der Waals surface area contributed by atoms with E-state index in [-0.39, 0.29) is 17.0 Å². The van der Waals surface area contributed by atoms with Gasteiger partial charge in [0.25, 0.3) is 0 Å². The summed E-state index contributed by atoms with van der Waals surface area (Å²) in [5.41, 5.74) is 0.167. The van der Waals surface area contributed by atoms with Gasteiger partial charge in [0.2, 0.25) is 0 Å². The Bertz CT molecular complexity index is 495. The first-order chi connectivity index (χ1) is 8.48. The van der Waals surface area contributed by atoms with Crippen molar-refractivity contribution in [3.05, 3.63) is 35.5 Å². The third kappa shape index (κ3) is 2.88. The molecule has 0 spiro atoms. The highest BCUT2D eigenvalue weighted by atomic mass is 16.3. The maximum Gasteiger partial charge on any atom is 0.168 e. The quantitative estimate of drug-likeness (QED) is 0.835. The molecular weight excluding hydrogens is 230 g/mol. The molecule has 1 aromatic heterocycles. The average molecular weight is 247 g/mol. The molecule has 0 unspecified atom stereocenters. The second kappa shape index (κ2) is 4.80. The van der Waals surface area contributed by atoms with Gasteiger partial charge in [-0.2, -0.15) is 0 Å². The number of hydrogen-bond acceptors (Lipinski definition) is 4. The van der Waals surface area contributed by atoms with E-state index in [1.165, 1.54) is 6.21 Å². The van der Waals surface area contributed by atoms with E-state index in [0.29, 0.717) is 25.0 Å². The van der Waals surface area contributed by atoms with E-state index in [4.69, 9.17) is 4.42 Å². The first-order valence-electron chi connectivity index (χ1n) is 5.95. The molecule has 2 rings (SSSR count). The summed E-state index contributed by atoms with van der Waals surface area (Å²) in [6.45, 7) is 4.32. The van der Waals surface area contributed by atoms with Gasteiger partial charge in [-0.05, 0) is 17.5 Å². The standard InChI is InChI=1S/C14H17NO3/c1-14(2)6-12(16)11(13(17)7-14)9-15-8-10-4-3-5-18-10/h3-5,9,16H,6-8H2,1-2H3. The summed E-state index contributed by atoms with van der Waals surface area (Å²) in [6.07, 6.45) is 3.99. The number of carbonyl (C=O) groups is 1. The number of ketones is 1. The molecule has 0 aromatic carbocycles. The summed E-state index contributed by atoms with van der Waals surface area (Å²) < 4.78 is 5.13. The number of furan rings is 1. The van der Waals surface area contributed by atoms with Gasteiger partial charge in [-0.1, -0.05) is 13.8 Å². The molecule has 0 amide bonds. The van der Waals surface area contributed by atoms with Gasteiger partial charge in [0.05, 0.1) is 18.4 Å². The van der Waals surface area contributed by atoms with E-state index in [1.54, 1.807) is 12.3 Å². The molecule has 0 bridgehead atoms.